The third kappa shape index (κ3) is 4.55. The van der Waals surface area contributed by atoms with Crippen molar-refractivity contribution in [2.45, 2.75) is 26.4 Å². The number of hydrogen-bond donors (Lipinski definition) is 2. The largest absolute Gasteiger partial charge is 0.467 e. The van der Waals surface area contributed by atoms with E-state index >= 15 is 0 Å². The highest BCUT2D eigenvalue weighted by molar-refractivity contribution is 7.20. The molecule has 1 atom stereocenters. The molecule has 2 N–H and O–H groups in total. The van der Waals surface area contributed by atoms with E-state index in [2.05, 4.69) is 20.6 Å². The highest BCUT2D eigenvalue weighted by Gasteiger charge is 2.24. The van der Waals surface area contributed by atoms with Crippen molar-refractivity contribution in [2.24, 2.45) is 5.92 Å². The molecular formula is C24H24N4O3S. The number of nitrogens with one attached hydrogen (secondary N) is 2. The van der Waals surface area contributed by atoms with Crippen LogP contribution in [0.1, 0.15) is 29.3 Å². The second-order valence-corrected chi connectivity index (χ2v) is 8.81. The first-order valence-electron chi connectivity index (χ1n) is 10.3. The smallest absolute Gasteiger partial charge is 0.328 e. The molecule has 2 aromatic heterocycles. The number of carbonyl (C=O) groups excluding carboxylic acids is 2. The number of anilines is 1. The molecule has 0 radical (unpaired) electrons. The van der Waals surface area contributed by atoms with Crippen molar-refractivity contribution in [3.8, 4) is 0 Å². The Bertz CT molecular complexity index is 1250. The molecule has 0 aliphatic carbocycles. The van der Waals surface area contributed by atoms with E-state index in [0.29, 0.717) is 16.5 Å². The van der Waals surface area contributed by atoms with Crippen molar-refractivity contribution in [2.75, 3.05) is 12.4 Å². The highest BCUT2D eigenvalue weighted by atomic mass is 32.1. The first-order valence-corrected chi connectivity index (χ1v) is 11.1. The molecule has 0 aliphatic rings. The number of nitrogens with zero attached hydrogens (tertiary/aromatic N) is 2. The summed E-state index contributed by atoms with van der Waals surface area (Å²) in [7, 11) is 1.37. The second kappa shape index (κ2) is 9.32. The number of rotatable bonds is 7. The van der Waals surface area contributed by atoms with Gasteiger partial charge in [0, 0.05) is 10.1 Å². The third-order valence-electron chi connectivity index (χ3n) is 5.12. The molecule has 4 rings (SSSR count). The van der Waals surface area contributed by atoms with E-state index < -0.39 is 6.04 Å². The summed E-state index contributed by atoms with van der Waals surface area (Å²) in [6.07, 6.45) is 0. The van der Waals surface area contributed by atoms with Gasteiger partial charge in [-0.2, -0.15) is 0 Å². The van der Waals surface area contributed by atoms with E-state index in [0.717, 1.165) is 21.0 Å². The monoisotopic (exact) mass is 448 g/mol. The fourth-order valence-corrected chi connectivity index (χ4v) is 4.41. The van der Waals surface area contributed by atoms with E-state index in [1.165, 1.54) is 18.4 Å². The number of hydrogen-bond acceptors (Lipinski definition) is 7. The molecule has 2 aromatic carbocycles. The Morgan fingerprint density at radius 1 is 1.06 bits per heavy atom. The Balaban J connectivity index is 1.58. The molecule has 0 spiro atoms. The summed E-state index contributed by atoms with van der Waals surface area (Å²) in [6.45, 7) is 4.03. The van der Waals surface area contributed by atoms with Gasteiger partial charge in [-0.05, 0) is 35.6 Å². The van der Waals surface area contributed by atoms with E-state index in [-0.39, 0.29) is 24.3 Å². The van der Waals surface area contributed by atoms with Crippen molar-refractivity contribution in [3.05, 3.63) is 65.3 Å². The summed E-state index contributed by atoms with van der Waals surface area (Å²) in [4.78, 5) is 34.8. The van der Waals surface area contributed by atoms with Crippen LogP contribution < -0.4 is 10.6 Å². The number of carbonyl (C=O) groups is 2. The first-order chi connectivity index (χ1) is 15.5. The lowest BCUT2D eigenvalue weighted by Crippen LogP contribution is -2.36. The zero-order chi connectivity index (χ0) is 22.7. The molecule has 4 aromatic rings. The van der Waals surface area contributed by atoms with E-state index in [9.17, 15) is 9.59 Å². The molecule has 164 valence electrons. The Hall–Kier alpha value is -3.52. The molecule has 0 aliphatic heterocycles. The SMILES string of the molecule is COC(=O)[C@@H](Nc1nc(CNC(=O)c2cc3ccccc3s2)nc2ccccc12)C(C)C. The summed E-state index contributed by atoms with van der Waals surface area (Å²) >= 11 is 1.45. The fraction of sp³-hybridized carbons (Fsp3) is 0.250. The van der Waals surface area contributed by atoms with Crippen LogP contribution in [0.25, 0.3) is 21.0 Å². The zero-order valence-corrected chi connectivity index (χ0v) is 18.9. The number of methoxy groups -OCH3 is 1. The Morgan fingerprint density at radius 3 is 2.56 bits per heavy atom. The molecule has 32 heavy (non-hydrogen) atoms. The van der Waals surface area contributed by atoms with Crippen molar-refractivity contribution in [1.82, 2.24) is 15.3 Å². The minimum atomic E-state index is -0.556. The number of ether oxygens (including phenoxy) is 1. The summed E-state index contributed by atoms with van der Waals surface area (Å²) < 4.78 is 6.00. The Labute approximate surface area is 189 Å². The second-order valence-electron chi connectivity index (χ2n) is 7.73. The van der Waals surface area contributed by atoms with Crippen LogP contribution >= 0.6 is 11.3 Å². The Morgan fingerprint density at radius 2 is 1.81 bits per heavy atom. The van der Waals surface area contributed by atoms with Gasteiger partial charge < -0.3 is 15.4 Å². The minimum absolute atomic E-state index is 0.00714. The zero-order valence-electron chi connectivity index (χ0n) is 18.1. The fourth-order valence-electron chi connectivity index (χ4n) is 3.43. The number of thiophene rings is 1. The number of fused-ring (bicyclic) bond motifs is 2. The average Bonchev–Trinajstić information content (AvgIpc) is 3.24. The number of aromatic nitrogens is 2. The molecule has 0 unspecified atom stereocenters. The van der Waals surface area contributed by atoms with Gasteiger partial charge in [0.1, 0.15) is 11.9 Å². The first kappa shape index (κ1) is 21.7. The number of amides is 1. The topological polar surface area (TPSA) is 93.2 Å². The van der Waals surface area contributed by atoms with Gasteiger partial charge in [0.15, 0.2) is 5.82 Å². The maximum Gasteiger partial charge on any atom is 0.328 e. The molecule has 0 saturated carbocycles. The van der Waals surface area contributed by atoms with Gasteiger partial charge in [-0.15, -0.1) is 11.3 Å². The highest BCUT2D eigenvalue weighted by Crippen LogP contribution is 2.26. The predicted octanol–water partition coefficient (Wildman–Crippen LogP) is 4.38. The van der Waals surface area contributed by atoms with Gasteiger partial charge in [0.25, 0.3) is 5.91 Å². The van der Waals surface area contributed by atoms with Crippen LogP contribution in [-0.4, -0.2) is 35.0 Å². The minimum Gasteiger partial charge on any atom is -0.467 e. The van der Waals surface area contributed by atoms with Crippen LogP contribution in [0.5, 0.6) is 0 Å². The summed E-state index contributed by atoms with van der Waals surface area (Å²) in [6, 6.07) is 16.8. The van der Waals surface area contributed by atoms with Gasteiger partial charge in [0.05, 0.1) is 24.0 Å². The van der Waals surface area contributed by atoms with Gasteiger partial charge in [-0.25, -0.2) is 14.8 Å². The average molecular weight is 449 g/mol. The van der Waals surface area contributed by atoms with Crippen LogP contribution in [0.3, 0.4) is 0 Å². The number of benzene rings is 2. The van der Waals surface area contributed by atoms with Crippen LogP contribution in [0.2, 0.25) is 0 Å². The molecule has 2 heterocycles. The summed E-state index contributed by atoms with van der Waals surface area (Å²) in [5, 5.41) is 7.95. The van der Waals surface area contributed by atoms with Crippen molar-refractivity contribution >= 4 is 50.0 Å². The maximum absolute atomic E-state index is 12.7. The lowest BCUT2D eigenvalue weighted by atomic mass is 10.0. The van der Waals surface area contributed by atoms with Crippen molar-refractivity contribution < 1.29 is 14.3 Å². The molecule has 0 fully saturated rings. The normalized spacial score (nSPS) is 12.1. The van der Waals surface area contributed by atoms with Crippen LogP contribution in [0, 0.1) is 5.92 Å². The quantitative estimate of drug-likeness (QED) is 0.408. The Kier molecular flexibility index (Phi) is 6.32. The van der Waals surface area contributed by atoms with Gasteiger partial charge in [0.2, 0.25) is 0 Å². The van der Waals surface area contributed by atoms with Gasteiger partial charge >= 0.3 is 5.97 Å². The van der Waals surface area contributed by atoms with Crippen LogP contribution in [0.15, 0.2) is 54.6 Å². The standard InChI is InChI=1S/C24H24N4O3S/c1-14(2)21(24(30)31-3)28-22-16-9-5-6-10-17(16)26-20(27-22)13-25-23(29)19-12-15-8-4-7-11-18(15)32-19/h4-12,14,21H,13H2,1-3H3,(H,25,29)(H,26,27,28)/t21-/m0/s1. The van der Waals surface area contributed by atoms with Crippen molar-refractivity contribution in [3.63, 3.8) is 0 Å². The third-order valence-corrected chi connectivity index (χ3v) is 6.23. The molecule has 0 bridgehead atoms. The molecule has 7 nitrogen and oxygen atoms in total. The van der Waals surface area contributed by atoms with Crippen LogP contribution in [-0.2, 0) is 16.1 Å². The lowest BCUT2D eigenvalue weighted by Gasteiger charge is -2.21. The van der Waals surface area contributed by atoms with E-state index in [1.54, 1.807) is 0 Å². The summed E-state index contributed by atoms with van der Waals surface area (Å²) in [5.41, 5.74) is 0.725. The van der Waals surface area contributed by atoms with Crippen molar-refractivity contribution in [1.29, 1.82) is 0 Å². The molecule has 1 amide bonds. The molecule has 8 heteroatoms. The predicted molar refractivity (Wildman–Crippen MR) is 127 cm³/mol. The number of para-hydroxylation sites is 1. The van der Waals surface area contributed by atoms with E-state index in [1.807, 2.05) is 68.4 Å². The number of esters is 1. The molecule has 0 saturated heterocycles. The molecular weight excluding hydrogens is 424 g/mol. The maximum atomic E-state index is 12.7. The summed E-state index contributed by atoms with van der Waals surface area (Å²) in [5.74, 6) is 0.445. The van der Waals surface area contributed by atoms with E-state index in [4.69, 9.17) is 4.74 Å². The van der Waals surface area contributed by atoms with Crippen LogP contribution in [0.4, 0.5) is 5.82 Å². The lowest BCUT2D eigenvalue weighted by molar-refractivity contribution is -0.142. The van der Waals surface area contributed by atoms with Gasteiger partial charge in [-0.3, -0.25) is 4.79 Å². The van der Waals surface area contributed by atoms with Gasteiger partial charge in [-0.1, -0.05) is 44.2 Å².